The molecule has 1 fully saturated rings. The number of halogens is 3. The maximum Gasteiger partial charge on any atom is 0.490 e. The Hall–Kier alpha value is -2.51. The fourth-order valence-corrected chi connectivity index (χ4v) is 4.40. The Morgan fingerprint density at radius 1 is 1.31 bits per heavy atom. The second-order valence-corrected chi connectivity index (χ2v) is 9.00. The first-order chi connectivity index (χ1) is 14.9. The number of ether oxygens (including phenoxy) is 1. The van der Waals surface area contributed by atoms with E-state index in [1.807, 2.05) is 13.8 Å². The third-order valence-electron chi connectivity index (χ3n) is 5.21. The minimum absolute atomic E-state index is 0.144. The topological polar surface area (TPSA) is 107 Å². The number of carboxylic acid groups (broad SMARTS) is 1. The zero-order valence-electron chi connectivity index (χ0n) is 17.5. The molecule has 0 radical (unpaired) electrons. The number of aliphatic carboxylic acids is 1. The lowest BCUT2D eigenvalue weighted by molar-refractivity contribution is -0.192. The van der Waals surface area contributed by atoms with Crippen LogP contribution in [0.25, 0.3) is 0 Å². The molecule has 1 unspecified atom stereocenters. The van der Waals surface area contributed by atoms with Gasteiger partial charge in [0.15, 0.2) is 5.82 Å². The molecular formula is C19H23F3N4O5S. The number of alkyl halides is 3. The van der Waals surface area contributed by atoms with Crippen LogP contribution >= 0.6 is 11.3 Å². The van der Waals surface area contributed by atoms with Gasteiger partial charge in [0, 0.05) is 24.5 Å². The summed E-state index contributed by atoms with van der Waals surface area (Å²) in [6.07, 6.45) is -4.22. The Bertz CT molecular complexity index is 1080. The van der Waals surface area contributed by atoms with Gasteiger partial charge in [-0.2, -0.15) is 18.3 Å². The molecule has 2 aliphatic heterocycles. The second-order valence-electron chi connectivity index (χ2n) is 7.97. The van der Waals surface area contributed by atoms with E-state index in [1.54, 1.807) is 11.3 Å². The molecule has 0 amide bonds. The predicted octanol–water partition coefficient (Wildman–Crippen LogP) is 1.86. The maximum absolute atomic E-state index is 12.5. The van der Waals surface area contributed by atoms with E-state index < -0.39 is 28.9 Å². The number of nitrogens with zero attached hydrogens (tertiary/aromatic N) is 4. The number of hydrogen-bond acceptors (Lipinski definition) is 7. The number of rotatable bonds is 3. The third kappa shape index (κ3) is 5.27. The SMILES string of the molecule is CC(C)n1nc2n(c(=O)c1=O)CC1(CCN(Cc3cccs3)C1)OC2.O=C(O)C(F)(F)F. The van der Waals surface area contributed by atoms with Gasteiger partial charge in [0.05, 0.1) is 12.6 Å². The monoisotopic (exact) mass is 476 g/mol. The Kier molecular flexibility index (Phi) is 6.91. The lowest BCUT2D eigenvalue weighted by atomic mass is 10.0. The third-order valence-corrected chi connectivity index (χ3v) is 6.07. The van der Waals surface area contributed by atoms with Gasteiger partial charge < -0.3 is 9.84 Å². The summed E-state index contributed by atoms with van der Waals surface area (Å²) in [5, 5.41) is 13.5. The van der Waals surface area contributed by atoms with Gasteiger partial charge in [0.25, 0.3) is 0 Å². The van der Waals surface area contributed by atoms with E-state index in [1.165, 1.54) is 14.1 Å². The molecule has 176 valence electrons. The highest BCUT2D eigenvalue weighted by molar-refractivity contribution is 7.09. The molecule has 1 atom stereocenters. The normalized spacial score (nSPS) is 20.8. The van der Waals surface area contributed by atoms with Crippen LogP contribution in [0.1, 0.15) is 37.0 Å². The lowest BCUT2D eigenvalue weighted by Crippen LogP contribution is -2.53. The Balaban J connectivity index is 0.000000360. The molecule has 0 bridgehead atoms. The summed E-state index contributed by atoms with van der Waals surface area (Å²) < 4.78 is 40.7. The van der Waals surface area contributed by atoms with Crippen molar-refractivity contribution in [2.24, 2.45) is 0 Å². The fourth-order valence-electron chi connectivity index (χ4n) is 3.66. The average molecular weight is 476 g/mol. The van der Waals surface area contributed by atoms with Crippen molar-refractivity contribution in [3.05, 3.63) is 48.9 Å². The lowest BCUT2D eigenvalue weighted by Gasteiger charge is -2.35. The molecule has 4 rings (SSSR count). The zero-order chi connectivity index (χ0) is 23.7. The van der Waals surface area contributed by atoms with Gasteiger partial charge in [-0.3, -0.25) is 19.1 Å². The van der Waals surface area contributed by atoms with Crippen molar-refractivity contribution >= 4 is 17.3 Å². The quantitative estimate of drug-likeness (QED) is 0.674. The summed E-state index contributed by atoms with van der Waals surface area (Å²) in [5.41, 5.74) is -1.44. The van der Waals surface area contributed by atoms with Gasteiger partial charge in [-0.25, -0.2) is 9.48 Å². The molecule has 13 heteroatoms. The van der Waals surface area contributed by atoms with E-state index in [0.29, 0.717) is 12.4 Å². The molecule has 0 aromatic carbocycles. The number of likely N-dealkylation sites (tertiary alicyclic amines) is 1. The molecule has 2 aromatic heterocycles. The van der Waals surface area contributed by atoms with E-state index >= 15 is 0 Å². The van der Waals surface area contributed by atoms with Crippen LogP contribution in [-0.2, 0) is 29.2 Å². The molecule has 4 heterocycles. The first-order valence-electron chi connectivity index (χ1n) is 9.83. The second kappa shape index (κ2) is 9.16. The van der Waals surface area contributed by atoms with Crippen molar-refractivity contribution in [1.82, 2.24) is 19.2 Å². The summed E-state index contributed by atoms with van der Waals surface area (Å²) in [6, 6.07) is 4.05. The van der Waals surface area contributed by atoms with E-state index in [4.69, 9.17) is 14.6 Å². The van der Waals surface area contributed by atoms with Gasteiger partial charge in [-0.05, 0) is 31.7 Å². The molecule has 2 aliphatic rings. The molecule has 9 nitrogen and oxygen atoms in total. The average Bonchev–Trinajstić information content (AvgIpc) is 3.35. The number of fused-ring (bicyclic) bond motifs is 1. The Labute approximate surface area is 184 Å². The van der Waals surface area contributed by atoms with E-state index in [-0.39, 0.29) is 12.6 Å². The summed E-state index contributed by atoms with van der Waals surface area (Å²) >= 11 is 1.75. The number of aromatic nitrogens is 3. The molecule has 2 aromatic rings. The summed E-state index contributed by atoms with van der Waals surface area (Å²) in [5.74, 6) is -2.21. The highest BCUT2D eigenvalue weighted by atomic mass is 32.1. The molecule has 1 N–H and O–H groups in total. The number of hydrogen-bond donors (Lipinski definition) is 1. The van der Waals surface area contributed by atoms with Gasteiger partial charge in [0.1, 0.15) is 12.2 Å². The molecular weight excluding hydrogens is 453 g/mol. The van der Waals surface area contributed by atoms with Crippen LogP contribution < -0.4 is 11.1 Å². The van der Waals surface area contributed by atoms with Crippen molar-refractivity contribution in [2.45, 2.75) is 57.8 Å². The molecule has 1 spiro atoms. The first-order valence-corrected chi connectivity index (χ1v) is 10.7. The fraction of sp³-hybridized carbons (Fsp3) is 0.579. The molecule has 1 saturated heterocycles. The standard InChI is InChI=1S/C17H22N4O3S.C2HF3O2/c1-12(2)21-16(23)15(22)20-11-17(24-9-14(20)18-21)5-6-19(10-17)8-13-4-3-7-25-13;3-2(4,5)1(6)7/h3-4,7,12H,5-6,8-11H2,1-2H3;(H,6,7). The van der Waals surface area contributed by atoms with Crippen molar-refractivity contribution in [1.29, 1.82) is 0 Å². The summed E-state index contributed by atoms with van der Waals surface area (Å²) in [6.45, 7) is 6.96. The maximum atomic E-state index is 12.5. The zero-order valence-corrected chi connectivity index (χ0v) is 18.3. The minimum atomic E-state index is -5.08. The number of thiophene rings is 1. The van der Waals surface area contributed by atoms with E-state index in [0.717, 1.165) is 26.1 Å². The van der Waals surface area contributed by atoms with E-state index in [2.05, 4.69) is 27.5 Å². The highest BCUT2D eigenvalue weighted by Crippen LogP contribution is 2.32. The van der Waals surface area contributed by atoms with Crippen molar-refractivity contribution in [3.63, 3.8) is 0 Å². The Morgan fingerprint density at radius 3 is 2.56 bits per heavy atom. The molecule has 0 aliphatic carbocycles. The van der Waals surface area contributed by atoms with Crippen LogP contribution in [0.2, 0.25) is 0 Å². The molecule has 0 saturated carbocycles. The number of carboxylic acids is 1. The molecule has 32 heavy (non-hydrogen) atoms. The summed E-state index contributed by atoms with van der Waals surface area (Å²) in [7, 11) is 0. The predicted molar refractivity (Wildman–Crippen MR) is 109 cm³/mol. The van der Waals surface area contributed by atoms with Crippen LogP contribution in [0.4, 0.5) is 13.2 Å². The van der Waals surface area contributed by atoms with Crippen molar-refractivity contribution in [3.8, 4) is 0 Å². The van der Waals surface area contributed by atoms with Gasteiger partial charge in [-0.15, -0.1) is 11.3 Å². The van der Waals surface area contributed by atoms with Crippen LogP contribution in [0, 0.1) is 0 Å². The van der Waals surface area contributed by atoms with Crippen LogP contribution in [0.3, 0.4) is 0 Å². The summed E-state index contributed by atoms with van der Waals surface area (Å²) in [4.78, 5) is 37.4. The van der Waals surface area contributed by atoms with Gasteiger partial charge in [-0.1, -0.05) is 6.07 Å². The minimum Gasteiger partial charge on any atom is -0.475 e. The van der Waals surface area contributed by atoms with Crippen molar-refractivity contribution in [2.75, 3.05) is 13.1 Å². The van der Waals surface area contributed by atoms with Gasteiger partial charge >= 0.3 is 23.3 Å². The first kappa shape index (κ1) is 24.1. The van der Waals surface area contributed by atoms with Crippen LogP contribution in [0.15, 0.2) is 27.1 Å². The number of carbonyl (C=O) groups is 1. The van der Waals surface area contributed by atoms with Crippen molar-refractivity contribution < 1.29 is 27.8 Å². The van der Waals surface area contributed by atoms with E-state index in [9.17, 15) is 22.8 Å². The Morgan fingerprint density at radius 2 is 2.00 bits per heavy atom. The smallest absolute Gasteiger partial charge is 0.475 e. The van der Waals surface area contributed by atoms with Crippen LogP contribution in [-0.4, -0.2) is 55.2 Å². The van der Waals surface area contributed by atoms with Crippen LogP contribution in [0.5, 0.6) is 0 Å². The largest absolute Gasteiger partial charge is 0.490 e. The van der Waals surface area contributed by atoms with Gasteiger partial charge in [0.2, 0.25) is 0 Å². The highest BCUT2D eigenvalue weighted by Gasteiger charge is 2.43.